The first kappa shape index (κ1) is 14.0. The van der Waals surface area contributed by atoms with Crippen molar-refractivity contribution < 1.29 is 13.6 Å². The van der Waals surface area contributed by atoms with E-state index in [2.05, 4.69) is 5.32 Å². The lowest BCUT2D eigenvalue weighted by Gasteiger charge is -2.14. The summed E-state index contributed by atoms with van der Waals surface area (Å²) in [6.07, 6.45) is -2.54. The number of nitrogens with one attached hydrogen (secondary N) is 1. The molecule has 5 heteroatoms. The minimum Gasteiger partial charge on any atom is -0.351 e. The Morgan fingerprint density at radius 2 is 1.75 bits per heavy atom. The van der Waals surface area contributed by atoms with Gasteiger partial charge in [0.15, 0.2) is 0 Å². The second kappa shape index (κ2) is 5.69. The van der Waals surface area contributed by atoms with Crippen LogP contribution in [-0.4, -0.2) is 6.03 Å². The van der Waals surface area contributed by atoms with E-state index in [0.717, 1.165) is 0 Å². The van der Waals surface area contributed by atoms with Gasteiger partial charge in [0.2, 0.25) is 0 Å². The zero-order chi connectivity index (χ0) is 14.7. The van der Waals surface area contributed by atoms with Crippen LogP contribution in [0.15, 0.2) is 42.5 Å². The van der Waals surface area contributed by atoms with Crippen molar-refractivity contribution in [1.82, 2.24) is 0 Å². The van der Waals surface area contributed by atoms with Crippen molar-refractivity contribution in [2.75, 3.05) is 5.32 Å². The summed E-state index contributed by atoms with van der Waals surface area (Å²) < 4.78 is 25.9. The summed E-state index contributed by atoms with van der Waals surface area (Å²) in [4.78, 5) is 11.0. The number of para-hydroxylation sites is 1. The van der Waals surface area contributed by atoms with Gasteiger partial charge in [-0.1, -0.05) is 36.4 Å². The first-order chi connectivity index (χ1) is 9.50. The molecule has 0 aliphatic heterocycles. The van der Waals surface area contributed by atoms with E-state index in [0.29, 0.717) is 22.4 Å². The highest BCUT2D eigenvalue weighted by Gasteiger charge is 2.15. The Hall–Kier alpha value is -2.43. The van der Waals surface area contributed by atoms with Gasteiger partial charge in [0.05, 0.1) is 5.69 Å². The largest absolute Gasteiger partial charge is 0.351 e. The summed E-state index contributed by atoms with van der Waals surface area (Å²) in [5.41, 5.74) is 7.39. The van der Waals surface area contributed by atoms with Gasteiger partial charge in [-0.25, -0.2) is 13.6 Å². The predicted octanol–water partition coefficient (Wildman–Crippen LogP) is 4.09. The molecule has 0 saturated heterocycles. The molecule has 0 heterocycles. The SMILES string of the molecule is Cc1c(-c2ccccc2NC(N)=O)cccc1C(F)F. The normalized spacial score (nSPS) is 10.6. The van der Waals surface area contributed by atoms with Gasteiger partial charge in [0, 0.05) is 11.1 Å². The maximum absolute atomic E-state index is 12.9. The molecule has 0 bridgehead atoms. The Morgan fingerprint density at radius 3 is 2.40 bits per heavy atom. The number of rotatable bonds is 3. The summed E-state index contributed by atoms with van der Waals surface area (Å²) in [5, 5.41) is 2.50. The van der Waals surface area contributed by atoms with Crippen molar-refractivity contribution in [2.24, 2.45) is 5.73 Å². The Bertz CT molecular complexity index is 642. The molecule has 0 aromatic heterocycles. The fourth-order valence-corrected chi connectivity index (χ4v) is 2.14. The van der Waals surface area contributed by atoms with Crippen LogP contribution in [0.25, 0.3) is 11.1 Å². The molecule has 3 N–H and O–H groups in total. The number of carbonyl (C=O) groups is 1. The predicted molar refractivity (Wildman–Crippen MR) is 74.8 cm³/mol. The first-order valence-corrected chi connectivity index (χ1v) is 6.04. The van der Waals surface area contributed by atoms with Crippen LogP contribution in [-0.2, 0) is 0 Å². The van der Waals surface area contributed by atoms with Gasteiger partial charge < -0.3 is 11.1 Å². The summed E-state index contributed by atoms with van der Waals surface area (Å²) in [5.74, 6) is 0. The third-order valence-electron chi connectivity index (χ3n) is 3.09. The Balaban J connectivity index is 2.57. The molecule has 0 unspecified atom stereocenters. The van der Waals surface area contributed by atoms with Crippen LogP contribution in [0.4, 0.5) is 19.3 Å². The molecule has 0 atom stereocenters. The average Bonchev–Trinajstić information content (AvgIpc) is 2.39. The third kappa shape index (κ3) is 2.77. The molecule has 0 aliphatic rings. The van der Waals surface area contributed by atoms with Gasteiger partial charge in [-0.05, 0) is 24.1 Å². The zero-order valence-electron chi connectivity index (χ0n) is 10.9. The lowest BCUT2D eigenvalue weighted by molar-refractivity contribution is 0.150. The molecular formula is C15H14F2N2O. The maximum Gasteiger partial charge on any atom is 0.316 e. The van der Waals surface area contributed by atoms with Crippen molar-refractivity contribution >= 4 is 11.7 Å². The lowest BCUT2D eigenvalue weighted by Crippen LogP contribution is -2.19. The Kier molecular flexibility index (Phi) is 3.98. The number of amides is 2. The van der Waals surface area contributed by atoms with Crippen LogP contribution in [0.2, 0.25) is 0 Å². The second-order valence-corrected chi connectivity index (χ2v) is 4.36. The zero-order valence-corrected chi connectivity index (χ0v) is 10.9. The van der Waals surface area contributed by atoms with E-state index in [1.54, 1.807) is 43.3 Å². The number of primary amides is 1. The van der Waals surface area contributed by atoms with Crippen LogP contribution in [0, 0.1) is 6.92 Å². The van der Waals surface area contributed by atoms with Crippen LogP contribution < -0.4 is 11.1 Å². The number of urea groups is 1. The molecule has 20 heavy (non-hydrogen) atoms. The minimum absolute atomic E-state index is 0.0172. The van der Waals surface area contributed by atoms with E-state index in [1.807, 2.05) is 0 Å². The Labute approximate surface area is 115 Å². The van der Waals surface area contributed by atoms with E-state index < -0.39 is 12.5 Å². The topological polar surface area (TPSA) is 55.1 Å². The highest BCUT2D eigenvalue weighted by Crippen LogP contribution is 2.34. The van der Waals surface area contributed by atoms with Crippen molar-refractivity contribution in [1.29, 1.82) is 0 Å². The fraction of sp³-hybridized carbons (Fsp3) is 0.133. The highest BCUT2D eigenvalue weighted by molar-refractivity contribution is 5.94. The summed E-state index contributed by atoms with van der Waals surface area (Å²) >= 11 is 0. The quantitative estimate of drug-likeness (QED) is 0.871. The third-order valence-corrected chi connectivity index (χ3v) is 3.09. The summed E-state index contributed by atoms with van der Waals surface area (Å²) in [6.45, 7) is 1.64. The average molecular weight is 276 g/mol. The van der Waals surface area contributed by atoms with Gasteiger partial charge in [-0.3, -0.25) is 0 Å². The Morgan fingerprint density at radius 1 is 1.10 bits per heavy atom. The van der Waals surface area contributed by atoms with Crippen molar-refractivity contribution in [3.63, 3.8) is 0 Å². The summed E-state index contributed by atoms with van der Waals surface area (Å²) in [6, 6.07) is 11.0. The number of anilines is 1. The number of hydrogen-bond donors (Lipinski definition) is 2. The van der Waals surface area contributed by atoms with Crippen molar-refractivity contribution in [3.8, 4) is 11.1 Å². The number of alkyl halides is 2. The second-order valence-electron chi connectivity index (χ2n) is 4.36. The van der Waals surface area contributed by atoms with Gasteiger partial charge in [0.25, 0.3) is 6.43 Å². The van der Waals surface area contributed by atoms with Crippen LogP contribution in [0.5, 0.6) is 0 Å². The molecule has 0 radical (unpaired) electrons. The number of carbonyl (C=O) groups excluding carboxylic acids is 1. The van der Waals surface area contributed by atoms with Gasteiger partial charge in [0.1, 0.15) is 0 Å². The fourth-order valence-electron chi connectivity index (χ4n) is 2.14. The molecule has 2 amide bonds. The van der Waals surface area contributed by atoms with E-state index in [1.165, 1.54) is 6.07 Å². The van der Waals surface area contributed by atoms with Gasteiger partial charge in [-0.15, -0.1) is 0 Å². The van der Waals surface area contributed by atoms with E-state index in [4.69, 9.17) is 5.73 Å². The van der Waals surface area contributed by atoms with Crippen LogP contribution in [0.3, 0.4) is 0 Å². The monoisotopic (exact) mass is 276 g/mol. The van der Waals surface area contributed by atoms with Crippen LogP contribution >= 0.6 is 0 Å². The number of hydrogen-bond acceptors (Lipinski definition) is 1. The number of benzene rings is 2. The molecule has 3 nitrogen and oxygen atoms in total. The molecule has 2 rings (SSSR count). The smallest absolute Gasteiger partial charge is 0.316 e. The molecule has 0 fully saturated rings. The van der Waals surface area contributed by atoms with Crippen LogP contribution in [0.1, 0.15) is 17.6 Å². The van der Waals surface area contributed by atoms with Gasteiger partial charge in [-0.2, -0.15) is 0 Å². The highest BCUT2D eigenvalue weighted by atomic mass is 19.3. The van der Waals surface area contributed by atoms with Crippen molar-refractivity contribution in [3.05, 3.63) is 53.6 Å². The molecule has 2 aromatic carbocycles. The number of nitrogens with two attached hydrogens (primary N) is 1. The van der Waals surface area contributed by atoms with E-state index in [-0.39, 0.29) is 5.56 Å². The lowest BCUT2D eigenvalue weighted by atomic mass is 9.95. The molecule has 2 aromatic rings. The first-order valence-electron chi connectivity index (χ1n) is 6.04. The molecule has 104 valence electrons. The molecule has 0 spiro atoms. The summed E-state index contributed by atoms with van der Waals surface area (Å²) in [7, 11) is 0. The maximum atomic E-state index is 12.9. The molecule has 0 saturated carbocycles. The van der Waals surface area contributed by atoms with E-state index >= 15 is 0 Å². The van der Waals surface area contributed by atoms with Gasteiger partial charge >= 0.3 is 6.03 Å². The minimum atomic E-state index is -2.54. The van der Waals surface area contributed by atoms with E-state index in [9.17, 15) is 13.6 Å². The van der Waals surface area contributed by atoms with Crippen molar-refractivity contribution in [2.45, 2.75) is 13.3 Å². The molecular weight excluding hydrogens is 262 g/mol. The standard InChI is InChI=1S/C15H14F2N2O/c1-9-10(6-4-7-11(9)14(16)17)12-5-2-3-8-13(12)19-15(18)20/h2-8,14H,1H3,(H3,18,19,20). The number of halogens is 2. The molecule has 0 aliphatic carbocycles.